The monoisotopic (exact) mass is 432 g/mol. The van der Waals surface area contributed by atoms with E-state index in [9.17, 15) is 13.2 Å². The molecule has 2 aromatic carbocycles. The van der Waals surface area contributed by atoms with E-state index in [1.165, 1.54) is 15.9 Å². The Bertz CT molecular complexity index is 992. The van der Waals surface area contributed by atoms with Crippen LogP contribution in [0.3, 0.4) is 0 Å². The summed E-state index contributed by atoms with van der Waals surface area (Å²) < 4.78 is 33.3. The van der Waals surface area contributed by atoms with Gasteiger partial charge in [0, 0.05) is 23.7 Å². The third-order valence-corrected chi connectivity index (χ3v) is 8.37. The standard InChI is InChI=1S/C21H24N2O4S2/c1-2-27-17-10-9-16(14-20(17)29(25,26)23-11-5-6-12-23)22-21(24)19-13-15-7-3-4-8-18(15)28-19/h3-4,7-10,14,19H,2,5-6,11-13H2,1H3,(H,22,24). The molecule has 0 spiro atoms. The van der Waals surface area contributed by atoms with Gasteiger partial charge in [-0.05, 0) is 56.0 Å². The Balaban J connectivity index is 1.56. The molecule has 1 atom stereocenters. The summed E-state index contributed by atoms with van der Waals surface area (Å²) in [5, 5.41) is 2.67. The van der Waals surface area contributed by atoms with E-state index in [4.69, 9.17) is 4.74 Å². The molecule has 0 aromatic heterocycles. The molecule has 154 valence electrons. The summed E-state index contributed by atoms with van der Waals surface area (Å²) in [4.78, 5) is 14.0. The minimum atomic E-state index is -3.66. The Morgan fingerprint density at radius 2 is 1.97 bits per heavy atom. The molecule has 1 amide bonds. The average molecular weight is 433 g/mol. The molecule has 1 fully saturated rings. The van der Waals surface area contributed by atoms with Crippen LogP contribution in [0, 0.1) is 0 Å². The van der Waals surface area contributed by atoms with Gasteiger partial charge < -0.3 is 10.1 Å². The summed E-state index contributed by atoms with van der Waals surface area (Å²) in [6, 6.07) is 12.8. The van der Waals surface area contributed by atoms with E-state index in [0.717, 1.165) is 17.7 Å². The summed E-state index contributed by atoms with van der Waals surface area (Å²) in [6.07, 6.45) is 2.39. The number of anilines is 1. The van der Waals surface area contributed by atoms with Gasteiger partial charge in [0.15, 0.2) is 0 Å². The molecule has 4 rings (SSSR count). The van der Waals surface area contributed by atoms with Gasteiger partial charge in [-0.3, -0.25) is 4.79 Å². The van der Waals surface area contributed by atoms with Crippen molar-refractivity contribution in [2.75, 3.05) is 25.0 Å². The van der Waals surface area contributed by atoms with Crippen molar-refractivity contribution >= 4 is 33.4 Å². The molecule has 2 aliphatic heterocycles. The van der Waals surface area contributed by atoms with Crippen LogP contribution in [0.25, 0.3) is 0 Å². The van der Waals surface area contributed by atoms with Crippen LogP contribution in [0.2, 0.25) is 0 Å². The molecule has 2 heterocycles. The number of carbonyl (C=O) groups is 1. The van der Waals surface area contributed by atoms with Crippen LogP contribution in [0.5, 0.6) is 5.75 Å². The maximum absolute atomic E-state index is 13.1. The number of sulfonamides is 1. The van der Waals surface area contributed by atoms with Gasteiger partial charge in [0.05, 0.1) is 11.9 Å². The van der Waals surface area contributed by atoms with Gasteiger partial charge in [0.2, 0.25) is 15.9 Å². The average Bonchev–Trinajstić information content (AvgIpc) is 3.39. The number of rotatable bonds is 6. The van der Waals surface area contributed by atoms with Crippen molar-refractivity contribution in [1.29, 1.82) is 0 Å². The van der Waals surface area contributed by atoms with Crippen LogP contribution in [0.4, 0.5) is 5.69 Å². The van der Waals surface area contributed by atoms with Gasteiger partial charge in [0.1, 0.15) is 10.6 Å². The Morgan fingerprint density at radius 1 is 1.21 bits per heavy atom. The van der Waals surface area contributed by atoms with E-state index in [2.05, 4.69) is 5.32 Å². The van der Waals surface area contributed by atoms with Crippen LogP contribution in [-0.2, 0) is 21.2 Å². The smallest absolute Gasteiger partial charge is 0.246 e. The summed E-state index contributed by atoms with van der Waals surface area (Å²) >= 11 is 1.54. The third kappa shape index (κ3) is 4.15. The first-order valence-electron chi connectivity index (χ1n) is 9.81. The zero-order valence-electron chi connectivity index (χ0n) is 16.3. The normalized spacial score (nSPS) is 19.1. The first-order chi connectivity index (χ1) is 14.0. The second kappa shape index (κ2) is 8.38. The molecule has 29 heavy (non-hydrogen) atoms. The minimum Gasteiger partial charge on any atom is -0.492 e. The summed E-state index contributed by atoms with van der Waals surface area (Å²) in [7, 11) is -3.66. The van der Waals surface area contributed by atoms with E-state index < -0.39 is 10.0 Å². The quantitative estimate of drug-likeness (QED) is 0.756. The molecule has 0 bridgehead atoms. The Hall–Kier alpha value is -2.03. The number of hydrogen-bond acceptors (Lipinski definition) is 5. The Morgan fingerprint density at radius 3 is 2.69 bits per heavy atom. The predicted octanol–water partition coefficient (Wildman–Crippen LogP) is 3.53. The molecule has 1 saturated heterocycles. The molecule has 0 saturated carbocycles. The van der Waals surface area contributed by atoms with E-state index in [1.807, 2.05) is 31.2 Å². The number of thioether (sulfide) groups is 1. The third-order valence-electron chi connectivity index (χ3n) is 5.13. The molecule has 1 unspecified atom stereocenters. The molecular weight excluding hydrogens is 408 g/mol. The number of carbonyl (C=O) groups excluding carboxylic acids is 1. The second-order valence-corrected chi connectivity index (χ2v) is 10.3. The van der Waals surface area contributed by atoms with Crippen molar-refractivity contribution in [2.45, 2.75) is 41.2 Å². The molecule has 8 heteroatoms. The number of hydrogen-bond donors (Lipinski definition) is 1. The zero-order chi connectivity index (χ0) is 20.4. The van der Waals surface area contributed by atoms with Crippen LogP contribution < -0.4 is 10.1 Å². The summed E-state index contributed by atoms with van der Waals surface area (Å²) in [5.74, 6) is 0.194. The van der Waals surface area contributed by atoms with Gasteiger partial charge in [-0.1, -0.05) is 18.2 Å². The van der Waals surface area contributed by atoms with E-state index in [1.54, 1.807) is 23.9 Å². The number of nitrogens with one attached hydrogen (secondary N) is 1. The number of ether oxygens (including phenoxy) is 1. The fourth-order valence-electron chi connectivity index (χ4n) is 3.68. The van der Waals surface area contributed by atoms with Crippen LogP contribution >= 0.6 is 11.8 Å². The zero-order valence-corrected chi connectivity index (χ0v) is 17.9. The van der Waals surface area contributed by atoms with Crippen molar-refractivity contribution in [2.24, 2.45) is 0 Å². The predicted molar refractivity (Wildman–Crippen MR) is 114 cm³/mol. The summed E-state index contributed by atoms with van der Waals surface area (Å²) in [5.41, 5.74) is 1.63. The van der Waals surface area contributed by atoms with E-state index in [0.29, 0.717) is 37.6 Å². The van der Waals surface area contributed by atoms with Crippen molar-refractivity contribution in [3.05, 3.63) is 48.0 Å². The minimum absolute atomic E-state index is 0.112. The van der Waals surface area contributed by atoms with Gasteiger partial charge in [0.25, 0.3) is 0 Å². The lowest BCUT2D eigenvalue weighted by Gasteiger charge is -2.19. The van der Waals surface area contributed by atoms with Gasteiger partial charge >= 0.3 is 0 Å². The van der Waals surface area contributed by atoms with Crippen molar-refractivity contribution < 1.29 is 17.9 Å². The largest absolute Gasteiger partial charge is 0.492 e. The maximum Gasteiger partial charge on any atom is 0.246 e. The highest BCUT2D eigenvalue weighted by Crippen LogP contribution is 2.38. The molecule has 0 aliphatic carbocycles. The number of amides is 1. The lowest BCUT2D eigenvalue weighted by Crippen LogP contribution is -2.29. The highest BCUT2D eigenvalue weighted by atomic mass is 32.2. The van der Waals surface area contributed by atoms with Crippen molar-refractivity contribution in [1.82, 2.24) is 4.31 Å². The SMILES string of the molecule is CCOc1ccc(NC(=O)C2Cc3ccccc3S2)cc1S(=O)(=O)N1CCCC1. The van der Waals surface area contributed by atoms with Crippen LogP contribution in [-0.4, -0.2) is 43.6 Å². The summed E-state index contributed by atoms with van der Waals surface area (Å²) in [6.45, 7) is 3.21. The molecule has 2 aliphatic rings. The van der Waals surface area contributed by atoms with Crippen molar-refractivity contribution in [3.8, 4) is 5.75 Å². The second-order valence-electron chi connectivity index (χ2n) is 7.11. The fourth-order valence-corrected chi connectivity index (χ4v) is 6.55. The Labute approximate surface area is 175 Å². The van der Waals surface area contributed by atoms with Gasteiger partial charge in [-0.25, -0.2) is 8.42 Å². The number of nitrogens with zero attached hydrogens (tertiary/aromatic N) is 1. The molecule has 0 radical (unpaired) electrons. The molecule has 2 aromatic rings. The maximum atomic E-state index is 13.1. The fraction of sp³-hybridized carbons (Fsp3) is 0.381. The van der Waals surface area contributed by atoms with Crippen molar-refractivity contribution in [3.63, 3.8) is 0 Å². The molecular formula is C21H24N2O4S2. The number of benzene rings is 2. The lowest BCUT2D eigenvalue weighted by atomic mass is 10.1. The van der Waals surface area contributed by atoms with Crippen LogP contribution in [0.15, 0.2) is 52.3 Å². The highest BCUT2D eigenvalue weighted by Gasteiger charge is 2.31. The first kappa shape index (κ1) is 20.3. The van der Waals surface area contributed by atoms with Gasteiger partial charge in [-0.15, -0.1) is 11.8 Å². The van der Waals surface area contributed by atoms with Gasteiger partial charge in [-0.2, -0.15) is 4.31 Å². The van der Waals surface area contributed by atoms with E-state index in [-0.39, 0.29) is 16.1 Å². The van der Waals surface area contributed by atoms with E-state index >= 15 is 0 Å². The lowest BCUT2D eigenvalue weighted by molar-refractivity contribution is -0.115. The molecule has 1 N–H and O–H groups in total. The topological polar surface area (TPSA) is 75.7 Å². The Kier molecular flexibility index (Phi) is 5.85. The first-order valence-corrected chi connectivity index (χ1v) is 12.1. The highest BCUT2D eigenvalue weighted by molar-refractivity contribution is 8.01. The van der Waals surface area contributed by atoms with Crippen LogP contribution in [0.1, 0.15) is 25.3 Å². The molecule has 6 nitrogen and oxygen atoms in total. The number of fused-ring (bicyclic) bond motifs is 1.